The number of ether oxygens (including phenoxy) is 1. The zero-order chi connectivity index (χ0) is 38.8. The predicted octanol–water partition coefficient (Wildman–Crippen LogP) is 4.81. The number of fused-ring (bicyclic) bond motifs is 1. The summed E-state index contributed by atoms with van der Waals surface area (Å²) in [7, 11) is -8.59. The fourth-order valence-corrected chi connectivity index (χ4v) is 6.71. The van der Waals surface area contributed by atoms with Crippen molar-refractivity contribution in [1.29, 1.82) is 0 Å². The van der Waals surface area contributed by atoms with E-state index in [0.717, 1.165) is 28.8 Å². The van der Waals surface area contributed by atoms with E-state index >= 15 is 0 Å². The Labute approximate surface area is 337 Å². The molecule has 0 bridgehead atoms. The maximum atomic E-state index is 13.7. The number of aryl methyl sites for hydroxylation is 1. The topological polar surface area (TPSA) is 261 Å². The fraction of sp³-hybridized carbons (Fsp3) is 0.0556. The summed E-state index contributed by atoms with van der Waals surface area (Å²) in [6, 6.07) is 26.4. The summed E-state index contributed by atoms with van der Waals surface area (Å²) < 4.78 is 74.7. The first-order chi connectivity index (χ1) is 25.6. The standard InChI is InChI=1S/C36H30N8O8S2.Na/c1-20-16-27(37)29(52-2)19-28(20)42-39-25-12-8-21(9-13-25)22-10-14-26(15-11-22)41-43-34-30(53(46,47)48)17-23-18-31(54(49,50)51)35(36(45)32(23)33(34)38)44-40-24-6-4-3-5-7-24;/h3-19,40H,37-38H2,1-2H3,(H,46,47,48)(H,49,50,51);/q;+1/b42-39?,43-41?,44-35+;. The zero-order valence-corrected chi connectivity index (χ0v) is 33.0. The molecule has 19 heteroatoms. The van der Waals surface area contributed by atoms with Crippen LogP contribution in [0.5, 0.6) is 5.75 Å². The molecule has 0 heterocycles. The van der Waals surface area contributed by atoms with Gasteiger partial charge in [-0.15, -0.1) is 5.11 Å². The third-order valence-electron chi connectivity index (χ3n) is 8.08. The number of azo groups is 2. The van der Waals surface area contributed by atoms with Crippen molar-refractivity contribution in [3.63, 3.8) is 0 Å². The SMILES string of the molecule is COc1cc(N=Nc2ccc(-c3ccc(N=Nc4c(S(=O)(=O)O)cc5c(c4N)C(=O)/C(=N/Nc4ccccc4)C(S(=O)(=O)O)=C5)cc3)cc2)c(C)cc1N.[Na+]. The number of hydrogen-bond donors (Lipinski definition) is 5. The minimum atomic E-state index is -5.06. The summed E-state index contributed by atoms with van der Waals surface area (Å²) in [4.78, 5) is 11.9. The number of para-hydroxylation sites is 1. The molecule has 1 aliphatic carbocycles. The van der Waals surface area contributed by atoms with E-state index in [4.69, 9.17) is 16.2 Å². The molecule has 6 rings (SSSR count). The molecule has 5 aromatic rings. The summed E-state index contributed by atoms with van der Waals surface area (Å²) in [5, 5.41) is 20.6. The zero-order valence-electron chi connectivity index (χ0n) is 29.4. The molecule has 0 saturated carbocycles. The third-order valence-corrected chi connectivity index (χ3v) is 9.81. The van der Waals surface area contributed by atoms with Crippen molar-refractivity contribution in [2.45, 2.75) is 11.8 Å². The number of hydrogen-bond acceptors (Lipinski definition) is 14. The molecule has 274 valence electrons. The van der Waals surface area contributed by atoms with Gasteiger partial charge in [-0.1, -0.05) is 42.5 Å². The number of Topliss-reactive ketones (excluding diaryl/α,β-unsaturated/α-hetero) is 1. The van der Waals surface area contributed by atoms with Crippen molar-refractivity contribution < 1.29 is 65.0 Å². The van der Waals surface area contributed by atoms with Gasteiger partial charge in [0.1, 0.15) is 21.2 Å². The smallest absolute Gasteiger partial charge is 0.495 e. The van der Waals surface area contributed by atoms with Crippen LogP contribution >= 0.6 is 0 Å². The minimum Gasteiger partial charge on any atom is -0.495 e. The molecule has 0 atom stereocenters. The summed E-state index contributed by atoms with van der Waals surface area (Å²) in [5.41, 5.74) is 17.1. The summed E-state index contributed by atoms with van der Waals surface area (Å²) in [6.45, 7) is 1.87. The number of rotatable bonds is 10. The Kier molecular flexibility index (Phi) is 12.1. The van der Waals surface area contributed by atoms with Gasteiger partial charge < -0.3 is 16.2 Å². The van der Waals surface area contributed by atoms with Crippen molar-refractivity contribution in [2.75, 3.05) is 24.0 Å². The van der Waals surface area contributed by atoms with E-state index in [0.29, 0.717) is 28.5 Å². The Morgan fingerprint density at radius 2 is 1.33 bits per heavy atom. The number of nitrogens with two attached hydrogens (primary N) is 2. The van der Waals surface area contributed by atoms with E-state index < -0.39 is 52.9 Å². The number of hydrazone groups is 1. The first kappa shape index (κ1) is 40.6. The van der Waals surface area contributed by atoms with Crippen molar-refractivity contribution in [2.24, 2.45) is 25.6 Å². The number of nitrogen functional groups attached to an aromatic ring is 2. The normalized spacial score (nSPS) is 13.8. The van der Waals surface area contributed by atoms with E-state index in [1.54, 1.807) is 78.9 Å². The molecule has 7 N–H and O–H groups in total. The van der Waals surface area contributed by atoms with Crippen LogP contribution in [-0.2, 0) is 20.2 Å². The summed E-state index contributed by atoms with van der Waals surface area (Å²) in [6.07, 6.45) is 0.815. The maximum Gasteiger partial charge on any atom is 1.00 e. The van der Waals surface area contributed by atoms with Gasteiger partial charge in [0, 0.05) is 6.07 Å². The number of ketones is 1. The predicted molar refractivity (Wildman–Crippen MR) is 204 cm³/mol. The van der Waals surface area contributed by atoms with Crippen LogP contribution in [0.4, 0.5) is 39.8 Å². The van der Waals surface area contributed by atoms with E-state index in [1.165, 1.54) is 7.11 Å². The van der Waals surface area contributed by atoms with Gasteiger partial charge in [0.05, 0.1) is 46.8 Å². The average molecular weight is 790 g/mol. The summed E-state index contributed by atoms with van der Waals surface area (Å²) in [5.74, 6) is -0.574. The first-order valence-corrected chi connectivity index (χ1v) is 18.6. The van der Waals surface area contributed by atoms with Gasteiger partial charge in [0.2, 0.25) is 5.78 Å². The number of benzene rings is 5. The van der Waals surface area contributed by atoms with Crippen LogP contribution in [0.25, 0.3) is 17.2 Å². The molecular weight excluding hydrogens is 760 g/mol. The van der Waals surface area contributed by atoms with Gasteiger partial charge in [0.15, 0.2) is 5.71 Å². The van der Waals surface area contributed by atoms with Gasteiger partial charge in [-0.05, 0) is 83.8 Å². The first-order valence-electron chi connectivity index (χ1n) is 15.7. The molecular formula is C36H30N8NaO8S2+. The number of nitrogens with zero attached hydrogens (tertiary/aromatic N) is 5. The number of carbonyl (C=O) groups is 1. The summed E-state index contributed by atoms with van der Waals surface area (Å²) >= 11 is 0. The monoisotopic (exact) mass is 789 g/mol. The molecule has 0 unspecified atom stereocenters. The van der Waals surface area contributed by atoms with E-state index in [-0.39, 0.29) is 46.4 Å². The molecule has 0 amide bonds. The van der Waals surface area contributed by atoms with E-state index in [9.17, 15) is 30.7 Å². The van der Waals surface area contributed by atoms with Gasteiger partial charge in [-0.2, -0.15) is 37.3 Å². The molecule has 0 aromatic heterocycles. The van der Waals surface area contributed by atoms with Crippen LogP contribution in [0.1, 0.15) is 21.5 Å². The third kappa shape index (κ3) is 9.03. The second-order valence-corrected chi connectivity index (χ2v) is 14.5. The molecule has 5 aromatic carbocycles. The van der Waals surface area contributed by atoms with E-state index in [2.05, 4.69) is 31.0 Å². The molecule has 1 aliphatic rings. The largest absolute Gasteiger partial charge is 1.00 e. The second kappa shape index (κ2) is 16.4. The maximum absolute atomic E-state index is 13.7. The number of nitrogens with one attached hydrogen (secondary N) is 1. The van der Waals surface area contributed by atoms with Gasteiger partial charge >= 0.3 is 29.6 Å². The minimum absolute atomic E-state index is 0. The van der Waals surface area contributed by atoms with Crippen molar-refractivity contribution in [3.05, 3.63) is 119 Å². The van der Waals surface area contributed by atoms with Crippen LogP contribution in [0.2, 0.25) is 0 Å². The Morgan fingerprint density at radius 1 is 0.745 bits per heavy atom. The Morgan fingerprint density at radius 3 is 1.87 bits per heavy atom. The Balaban J connectivity index is 0.00000580. The molecule has 0 saturated heterocycles. The van der Waals surface area contributed by atoms with Crippen LogP contribution in [0.3, 0.4) is 0 Å². The van der Waals surface area contributed by atoms with Gasteiger partial charge in [-0.3, -0.25) is 19.3 Å². The molecule has 16 nitrogen and oxygen atoms in total. The van der Waals surface area contributed by atoms with Crippen molar-refractivity contribution in [1.82, 2.24) is 0 Å². The quantitative estimate of drug-likeness (QED) is 0.0422. The van der Waals surface area contributed by atoms with Crippen LogP contribution in [0.15, 0.2) is 132 Å². The van der Waals surface area contributed by atoms with E-state index in [1.807, 2.05) is 19.1 Å². The number of allylic oxidation sites excluding steroid dienone is 1. The molecule has 0 aliphatic heterocycles. The second-order valence-electron chi connectivity index (χ2n) is 11.7. The molecule has 0 fully saturated rings. The van der Waals surface area contributed by atoms with Crippen LogP contribution in [0, 0.1) is 6.92 Å². The van der Waals surface area contributed by atoms with Gasteiger partial charge in [0.25, 0.3) is 20.2 Å². The average Bonchev–Trinajstić information content (AvgIpc) is 3.13. The van der Waals surface area contributed by atoms with Gasteiger partial charge in [-0.25, -0.2) is 0 Å². The molecule has 0 spiro atoms. The molecule has 0 radical (unpaired) electrons. The van der Waals surface area contributed by atoms with Crippen molar-refractivity contribution >= 4 is 77.6 Å². The fourth-order valence-electron chi connectivity index (χ4n) is 5.38. The van der Waals surface area contributed by atoms with Crippen molar-refractivity contribution in [3.8, 4) is 16.9 Å². The Hall–Kier alpha value is -5.60. The Bertz CT molecular complexity index is 2650. The number of methoxy groups -OCH3 is 1. The number of anilines is 3. The van der Waals surface area contributed by atoms with Crippen LogP contribution < -0.4 is 51.2 Å². The van der Waals surface area contributed by atoms with Crippen LogP contribution in [-0.4, -0.2) is 44.5 Å². The molecule has 55 heavy (non-hydrogen) atoms. The number of carbonyl (C=O) groups excluding carboxylic acids is 1.